The van der Waals surface area contributed by atoms with Crippen molar-refractivity contribution in [3.8, 4) is 0 Å². The van der Waals surface area contributed by atoms with Gasteiger partial charge in [0.1, 0.15) is 0 Å². The average molecular weight is 384 g/mol. The molecule has 1 fully saturated rings. The summed E-state index contributed by atoms with van der Waals surface area (Å²) in [5.41, 5.74) is 0.113. The largest absolute Gasteiger partial charge is 0.396 e. The summed E-state index contributed by atoms with van der Waals surface area (Å²) >= 11 is 0. The Kier molecular flexibility index (Phi) is 12.0. The summed E-state index contributed by atoms with van der Waals surface area (Å²) in [5.74, 6) is 1.49. The van der Waals surface area contributed by atoms with Crippen molar-refractivity contribution in [3.63, 3.8) is 0 Å². The SMILES string of the molecule is CCNC(=NCC(CC)(CC)CCO)NCC(C)CN1CCN(CC)CC1. The molecule has 0 aliphatic carbocycles. The Labute approximate surface area is 167 Å². The fourth-order valence-electron chi connectivity index (χ4n) is 3.80. The zero-order valence-electron chi connectivity index (χ0n) is 18.6. The molecule has 0 aromatic carbocycles. The van der Waals surface area contributed by atoms with E-state index < -0.39 is 0 Å². The standard InChI is InChI=1S/C21H45N5O/c1-6-21(7-2,10-15-27)18-24-20(22-8-3)23-16-19(5)17-26-13-11-25(9-4)12-14-26/h19,27H,6-18H2,1-5H3,(H2,22,23,24). The number of hydrogen-bond donors (Lipinski definition) is 3. The summed E-state index contributed by atoms with van der Waals surface area (Å²) in [6, 6.07) is 0. The Bertz CT molecular complexity index is 403. The van der Waals surface area contributed by atoms with Crippen LogP contribution in [-0.4, -0.2) is 86.4 Å². The Morgan fingerprint density at radius 1 is 1.04 bits per heavy atom. The molecule has 27 heavy (non-hydrogen) atoms. The first kappa shape index (κ1) is 24.2. The van der Waals surface area contributed by atoms with Crippen LogP contribution in [0, 0.1) is 11.3 Å². The summed E-state index contributed by atoms with van der Waals surface area (Å²) in [5, 5.41) is 16.3. The summed E-state index contributed by atoms with van der Waals surface area (Å²) < 4.78 is 0. The minimum atomic E-state index is 0.113. The van der Waals surface area contributed by atoms with Gasteiger partial charge in [0.25, 0.3) is 0 Å². The highest BCUT2D eigenvalue weighted by Gasteiger charge is 2.25. The normalized spacial score (nSPS) is 18.5. The van der Waals surface area contributed by atoms with Gasteiger partial charge in [0, 0.05) is 59.0 Å². The van der Waals surface area contributed by atoms with E-state index >= 15 is 0 Å². The van der Waals surface area contributed by atoms with Gasteiger partial charge in [0.2, 0.25) is 0 Å². The van der Waals surface area contributed by atoms with Crippen molar-refractivity contribution in [2.45, 2.75) is 53.9 Å². The second-order valence-electron chi connectivity index (χ2n) is 8.10. The van der Waals surface area contributed by atoms with Gasteiger partial charge in [-0.2, -0.15) is 0 Å². The molecule has 1 aliphatic heterocycles. The smallest absolute Gasteiger partial charge is 0.191 e. The monoisotopic (exact) mass is 383 g/mol. The Hall–Kier alpha value is -0.850. The highest BCUT2D eigenvalue weighted by molar-refractivity contribution is 5.79. The molecule has 0 amide bonds. The molecule has 6 heteroatoms. The molecular weight excluding hydrogens is 338 g/mol. The van der Waals surface area contributed by atoms with Crippen molar-refractivity contribution < 1.29 is 5.11 Å². The molecule has 0 spiro atoms. The Morgan fingerprint density at radius 3 is 2.19 bits per heavy atom. The summed E-state index contributed by atoms with van der Waals surface area (Å²) in [4.78, 5) is 9.96. The first-order chi connectivity index (χ1) is 13.0. The lowest BCUT2D eigenvalue weighted by Crippen LogP contribution is -2.48. The van der Waals surface area contributed by atoms with Crippen molar-refractivity contribution in [3.05, 3.63) is 0 Å². The van der Waals surface area contributed by atoms with Crippen LogP contribution < -0.4 is 10.6 Å². The maximum Gasteiger partial charge on any atom is 0.191 e. The highest BCUT2D eigenvalue weighted by atomic mass is 16.3. The lowest BCUT2D eigenvalue weighted by atomic mass is 9.79. The zero-order valence-corrected chi connectivity index (χ0v) is 18.6. The quantitative estimate of drug-likeness (QED) is 0.355. The maximum atomic E-state index is 9.41. The van der Waals surface area contributed by atoms with Gasteiger partial charge in [-0.1, -0.05) is 27.7 Å². The van der Waals surface area contributed by atoms with Crippen LogP contribution in [0.25, 0.3) is 0 Å². The molecule has 1 aliphatic rings. The molecule has 160 valence electrons. The van der Waals surface area contributed by atoms with Crippen LogP contribution in [0.5, 0.6) is 0 Å². The van der Waals surface area contributed by atoms with E-state index in [0.29, 0.717) is 5.92 Å². The highest BCUT2D eigenvalue weighted by Crippen LogP contribution is 2.30. The molecule has 3 N–H and O–H groups in total. The summed E-state index contributed by atoms with van der Waals surface area (Å²) in [6.45, 7) is 21.0. The molecule has 1 heterocycles. The molecule has 1 rings (SSSR count). The van der Waals surface area contributed by atoms with Gasteiger partial charge in [0.15, 0.2) is 5.96 Å². The van der Waals surface area contributed by atoms with E-state index in [-0.39, 0.29) is 12.0 Å². The first-order valence-electron chi connectivity index (χ1n) is 11.1. The van der Waals surface area contributed by atoms with E-state index in [4.69, 9.17) is 4.99 Å². The molecular formula is C21H45N5O. The fourth-order valence-corrected chi connectivity index (χ4v) is 3.80. The molecule has 6 nitrogen and oxygen atoms in total. The van der Waals surface area contributed by atoms with Gasteiger partial charge in [-0.15, -0.1) is 0 Å². The number of hydrogen-bond acceptors (Lipinski definition) is 4. The Balaban J connectivity index is 2.48. The Morgan fingerprint density at radius 2 is 1.67 bits per heavy atom. The summed E-state index contributed by atoms with van der Waals surface area (Å²) in [6.07, 6.45) is 2.92. The second kappa shape index (κ2) is 13.3. The molecule has 0 bridgehead atoms. The van der Waals surface area contributed by atoms with Crippen molar-refractivity contribution >= 4 is 5.96 Å². The summed E-state index contributed by atoms with van der Waals surface area (Å²) in [7, 11) is 0. The number of nitrogens with one attached hydrogen (secondary N) is 2. The third-order valence-electron chi connectivity index (χ3n) is 6.16. The minimum Gasteiger partial charge on any atom is -0.396 e. The molecule has 0 saturated carbocycles. The van der Waals surface area contributed by atoms with Crippen molar-refractivity contribution in [1.29, 1.82) is 0 Å². The fraction of sp³-hybridized carbons (Fsp3) is 0.952. The van der Waals surface area contributed by atoms with Crippen LogP contribution in [0.4, 0.5) is 0 Å². The third-order valence-corrected chi connectivity index (χ3v) is 6.16. The number of rotatable bonds is 12. The lowest BCUT2D eigenvalue weighted by Gasteiger charge is -2.35. The van der Waals surface area contributed by atoms with Crippen LogP contribution in [0.1, 0.15) is 53.9 Å². The number of piperazine rings is 1. The van der Waals surface area contributed by atoms with E-state index in [2.05, 4.69) is 55.1 Å². The third kappa shape index (κ3) is 8.79. The first-order valence-corrected chi connectivity index (χ1v) is 11.1. The van der Waals surface area contributed by atoms with Crippen molar-refractivity contribution in [2.75, 3.05) is 65.5 Å². The molecule has 0 radical (unpaired) electrons. The van der Waals surface area contributed by atoms with E-state index in [1.165, 1.54) is 32.7 Å². The van der Waals surface area contributed by atoms with Gasteiger partial charge in [-0.25, -0.2) is 0 Å². The number of guanidine groups is 1. The predicted molar refractivity (Wildman–Crippen MR) is 116 cm³/mol. The lowest BCUT2D eigenvalue weighted by molar-refractivity contribution is 0.124. The van der Waals surface area contributed by atoms with Gasteiger partial charge in [0.05, 0.1) is 0 Å². The maximum absolute atomic E-state index is 9.41. The molecule has 0 aromatic heterocycles. The molecule has 1 atom stereocenters. The van der Waals surface area contributed by atoms with Crippen molar-refractivity contribution in [2.24, 2.45) is 16.3 Å². The van der Waals surface area contributed by atoms with E-state index in [9.17, 15) is 5.11 Å². The molecule has 1 unspecified atom stereocenters. The van der Waals surface area contributed by atoms with Crippen LogP contribution >= 0.6 is 0 Å². The topological polar surface area (TPSA) is 63.1 Å². The van der Waals surface area contributed by atoms with Crippen molar-refractivity contribution in [1.82, 2.24) is 20.4 Å². The molecule has 0 aromatic rings. The average Bonchev–Trinajstić information content (AvgIpc) is 2.69. The number of aliphatic imine (C=N–C) groups is 1. The number of likely N-dealkylation sites (N-methyl/N-ethyl adjacent to an activating group) is 1. The minimum absolute atomic E-state index is 0.113. The van der Waals surface area contributed by atoms with Gasteiger partial charge in [-0.3, -0.25) is 4.99 Å². The predicted octanol–water partition coefficient (Wildman–Crippen LogP) is 2.00. The molecule has 1 saturated heterocycles. The van der Waals surface area contributed by atoms with E-state index in [1.54, 1.807) is 0 Å². The van der Waals surface area contributed by atoms with E-state index in [0.717, 1.165) is 51.4 Å². The van der Waals surface area contributed by atoms with Crippen LogP contribution in [0.3, 0.4) is 0 Å². The van der Waals surface area contributed by atoms with Crippen LogP contribution in [0.2, 0.25) is 0 Å². The number of nitrogens with zero attached hydrogens (tertiary/aromatic N) is 3. The van der Waals surface area contributed by atoms with Gasteiger partial charge >= 0.3 is 0 Å². The second-order valence-corrected chi connectivity index (χ2v) is 8.10. The van der Waals surface area contributed by atoms with Gasteiger partial charge in [-0.05, 0) is 44.1 Å². The number of aliphatic hydroxyl groups is 1. The zero-order chi connectivity index (χ0) is 20.1. The van der Waals surface area contributed by atoms with E-state index in [1.807, 2.05) is 0 Å². The van der Waals surface area contributed by atoms with Crippen LogP contribution in [0.15, 0.2) is 4.99 Å². The van der Waals surface area contributed by atoms with Gasteiger partial charge < -0.3 is 25.5 Å². The number of aliphatic hydroxyl groups excluding tert-OH is 1. The van der Waals surface area contributed by atoms with Crippen LogP contribution in [-0.2, 0) is 0 Å².